The molecule has 1 aromatic heterocycles. The second kappa shape index (κ2) is 6.72. The highest BCUT2D eigenvalue weighted by molar-refractivity contribution is 5.76. The Morgan fingerprint density at radius 2 is 1.95 bits per heavy atom. The van der Waals surface area contributed by atoms with E-state index in [1.54, 1.807) is 9.13 Å². The highest BCUT2D eigenvalue weighted by Gasteiger charge is 2.08. The van der Waals surface area contributed by atoms with Crippen molar-refractivity contribution in [3.63, 3.8) is 0 Å². The van der Waals surface area contributed by atoms with Gasteiger partial charge in [-0.15, -0.1) is 0 Å². The molecule has 0 radical (unpaired) electrons. The van der Waals surface area contributed by atoms with Crippen LogP contribution < -0.4 is 11.0 Å². The molecule has 0 atom stereocenters. The number of aromatic nitrogens is 2. The molecule has 0 bridgehead atoms. The Morgan fingerprint density at radius 1 is 1.20 bits per heavy atom. The summed E-state index contributed by atoms with van der Waals surface area (Å²) in [5, 5.41) is 2.28. The molecular weight excluding hydrogens is 254 g/mol. The molecule has 20 heavy (non-hydrogen) atoms. The topological polar surface area (TPSA) is 52.8 Å². The fraction of sp³-hybridized carbons (Fsp3) is 0.533. The lowest BCUT2D eigenvalue weighted by Crippen LogP contribution is -2.82. The van der Waals surface area contributed by atoms with Crippen molar-refractivity contribution >= 4 is 11.0 Å². The number of benzene rings is 1. The highest BCUT2D eigenvalue weighted by atomic mass is 16.5. The molecular formula is C15H24N3O2+. The van der Waals surface area contributed by atoms with Crippen LogP contribution in [0.2, 0.25) is 0 Å². The van der Waals surface area contributed by atoms with Crippen LogP contribution in [0.4, 0.5) is 0 Å². The number of hydrogen-bond acceptors (Lipinski definition) is 2. The van der Waals surface area contributed by atoms with Crippen LogP contribution in [0, 0.1) is 0 Å². The summed E-state index contributed by atoms with van der Waals surface area (Å²) < 4.78 is 8.70. The van der Waals surface area contributed by atoms with Crippen LogP contribution in [0.15, 0.2) is 23.0 Å². The molecule has 0 aliphatic carbocycles. The predicted molar refractivity (Wildman–Crippen MR) is 79.8 cm³/mol. The van der Waals surface area contributed by atoms with Gasteiger partial charge in [0.05, 0.1) is 24.2 Å². The predicted octanol–water partition coefficient (Wildman–Crippen LogP) is 0.367. The van der Waals surface area contributed by atoms with Gasteiger partial charge in [0.1, 0.15) is 6.54 Å². The van der Waals surface area contributed by atoms with Crippen molar-refractivity contribution in [1.82, 2.24) is 9.13 Å². The molecule has 0 unspecified atom stereocenters. The zero-order chi connectivity index (χ0) is 14.5. The number of aryl methyl sites for hydroxylation is 2. The SMILES string of the molecule is CCOCCC[NH2+]Cc1ccc2c(c1)n(C)c(=O)n2C. The van der Waals surface area contributed by atoms with Crippen molar-refractivity contribution in [2.45, 2.75) is 19.9 Å². The van der Waals surface area contributed by atoms with Crippen LogP contribution in [-0.2, 0) is 25.4 Å². The Morgan fingerprint density at radius 3 is 2.70 bits per heavy atom. The van der Waals surface area contributed by atoms with Crippen molar-refractivity contribution < 1.29 is 10.1 Å². The Kier molecular flexibility index (Phi) is 4.98. The van der Waals surface area contributed by atoms with Crippen molar-refractivity contribution in [3.8, 4) is 0 Å². The third-order valence-corrected chi connectivity index (χ3v) is 3.62. The van der Waals surface area contributed by atoms with Crippen LogP contribution in [0.3, 0.4) is 0 Å². The zero-order valence-electron chi connectivity index (χ0n) is 12.6. The van der Waals surface area contributed by atoms with Crippen molar-refractivity contribution in [2.24, 2.45) is 14.1 Å². The maximum Gasteiger partial charge on any atom is 0.328 e. The third kappa shape index (κ3) is 3.11. The fourth-order valence-electron chi connectivity index (χ4n) is 2.42. The van der Waals surface area contributed by atoms with Crippen molar-refractivity contribution in [1.29, 1.82) is 0 Å². The molecule has 2 N–H and O–H groups in total. The molecule has 2 rings (SSSR count). The minimum Gasteiger partial charge on any atom is -0.382 e. The smallest absolute Gasteiger partial charge is 0.328 e. The highest BCUT2D eigenvalue weighted by Crippen LogP contribution is 2.13. The van der Waals surface area contributed by atoms with E-state index in [1.165, 1.54) is 5.56 Å². The van der Waals surface area contributed by atoms with Crippen molar-refractivity contribution in [2.75, 3.05) is 19.8 Å². The Hall–Kier alpha value is -1.59. The molecule has 0 spiro atoms. The number of rotatable bonds is 7. The Labute approximate surface area is 119 Å². The molecule has 0 saturated heterocycles. The number of nitrogens with two attached hydrogens (primary N) is 1. The Bertz CT molecular complexity index is 628. The van der Waals surface area contributed by atoms with E-state index in [4.69, 9.17) is 4.74 Å². The van der Waals surface area contributed by atoms with E-state index < -0.39 is 0 Å². The second-order valence-corrected chi connectivity index (χ2v) is 5.06. The average molecular weight is 278 g/mol. The van der Waals surface area contributed by atoms with Gasteiger partial charge in [0.2, 0.25) is 0 Å². The largest absolute Gasteiger partial charge is 0.382 e. The van der Waals surface area contributed by atoms with Crippen LogP contribution in [0.5, 0.6) is 0 Å². The van der Waals surface area contributed by atoms with Gasteiger partial charge in [-0.3, -0.25) is 9.13 Å². The van der Waals surface area contributed by atoms with Gasteiger partial charge in [-0.1, -0.05) is 6.07 Å². The summed E-state index contributed by atoms with van der Waals surface area (Å²) >= 11 is 0. The van der Waals surface area contributed by atoms with Crippen LogP contribution >= 0.6 is 0 Å². The molecule has 1 heterocycles. The normalized spacial score (nSPS) is 11.3. The number of fused-ring (bicyclic) bond motifs is 1. The molecule has 0 amide bonds. The summed E-state index contributed by atoms with van der Waals surface area (Å²) in [5.74, 6) is 0. The number of ether oxygens (including phenoxy) is 1. The van der Waals surface area contributed by atoms with Crippen LogP contribution in [0.25, 0.3) is 11.0 Å². The lowest BCUT2D eigenvalue weighted by molar-refractivity contribution is -0.671. The van der Waals surface area contributed by atoms with E-state index in [-0.39, 0.29) is 5.69 Å². The maximum absolute atomic E-state index is 11.9. The summed E-state index contributed by atoms with van der Waals surface area (Å²) in [4.78, 5) is 11.9. The average Bonchev–Trinajstić information content (AvgIpc) is 2.67. The molecule has 5 heteroatoms. The first-order valence-corrected chi connectivity index (χ1v) is 7.19. The Balaban J connectivity index is 1.98. The number of hydrogen-bond donors (Lipinski definition) is 1. The molecule has 1 aromatic carbocycles. The molecule has 0 saturated carbocycles. The molecule has 0 aliphatic heterocycles. The van der Waals surface area contributed by atoms with Gasteiger partial charge in [-0.2, -0.15) is 0 Å². The maximum atomic E-state index is 11.9. The van der Waals surface area contributed by atoms with Gasteiger partial charge in [0.15, 0.2) is 0 Å². The summed E-state index contributed by atoms with van der Waals surface area (Å²) in [6.07, 6.45) is 1.07. The third-order valence-electron chi connectivity index (χ3n) is 3.62. The molecule has 0 fully saturated rings. The monoisotopic (exact) mass is 278 g/mol. The second-order valence-electron chi connectivity index (χ2n) is 5.06. The summed E-state index contributed by atoms with van der Waals surface area (Å²) in [5.41, 5.74) is 3.25. The summed E-state index contributed by atoms with van der Waals surface area (Å²) in [6.45, 7) is 5.64. The van der Waals surface area contributed by atoms with Gasteiger partial charge < -0.3 is 10.1 Å². The van der Waals surface area contributed by atoms with Gasteiger partial charge in [0.25, 0.3) is 0 Å². The van der Waals surface area contributed by atoms with Gasteiger partial charge in [0, 0.05) is 32.7 Å². The van der Waals surface area contributed by atoms with Gasteiger partial charge in [-0.25, -0.2) is 4.79 Å². The quantitative estimate of drug-likeness (QED) is 0.744. The van der Waals surface area contributed by atoms with E-state index in [9.17, 15) is 4.79 Å². The summed E-state index contributed by atoms with van der Waals surface area (Å²) in [7, 11) is 3.63. The minimum absolute atomic E-state index is 0.0258. The van der Waals surface area contributed by atoms with E-state index >= 15 is 0 Å². The van der Waals surface area contributed by atoms with E-state index in [1.807, 2.05) is 27.1 Å². The first-order valence-electron chi connectivity index (χ1n) is 7.19. The van der Waals surface area contributed by atoms with Gasteiger partial charge >= 0.3 is 5.69 Å². The van der Waals surface area contributed by atoms with Crippen molar-refractivity contribution in [3.05, 3.63) is 34.2 Å². The minimum atomic E-state index is 0.0258. The summed E-state index contributed by atoms with van der Waals surface area (Å²) in [6, 6.07) is 6.23. The first-order chi connectivity index (χ1) is 9.65. The number of imidazole rings is 1. The standard InChI is InChI=1S/C15H23N3O2/c1-4-20-9-5-8-16-11-12-6-7-13-14(10-12)18(3)15(19)17(13)2/h6-7,10,16H,4-5,8-9,11H2,1-3H3/p+1. The van der Waals surface area contributed by atoms with E-state index in [0.29, 0.717) is 0 Å². The number of quaternary nitrogens is 1. The van der Waals surface area contributed by atoms with E-state index in [2.05, 4.69) is 17.4 Å². The lowest BCUT2D eigenvalue weighted by atomic mass is 10.2. The zero-order valence-corrected chi connectivity index (χ0v) is 12.6. The molecule has 2 aromatic rings. The lowest BCUT2D eigenvalue weighted by Gasteiger charge is -2.03. The fourth-order valence-corrected chi connectivity index (χ4v) is 2.42. The number of nitrogens with zero attached hydrogens (tertiary/aromatic N) is 2. The first kappa shape index (κ1) is 14.8. The van der Waals surface area contributed by atoms with Crippen LogP contribution in [0.1, 0.15) is 18.9 Å². The van der Waals surface area contributed by atoms with Gasteiger partial charge in [-0.05, 0) is 19.1 Å². The molecule has 0 aliphatic rings. The van der Waals surface area contributed by atoms with E-state index in [0.717, 1.165) is 43.8 Å². The van der Waals surface area contributed by atoms with Crippen LogP contribution in [-0.4, -0.2) is 28.9 Å². The molecule has 110 valence electrons. The molecule has 5 nitrogen and oxygen atoms in total.